The van der Waals surface area contributed by atoms with Crippen molar-refractivity contribution < 1.29 is 4.79 Å². The van der Waals surface area contributed by atoms with Gasteiger partial charge in [0.25, 0.3) is 5.91 Å². The Morgan fingerprint density at radius 3 is 2.67 bits per heavy atom. The van der Waals surface area contributed by atoms with Gasteiger partial charge in [-0.25, -0.2) is 0 Å². The van der Waals surface area contributed by atoms with Gasteiger partial charge in [-0.2, -0.15) is 0 Å². The monoisotopic (exact) mass is 396 g/mol. The number of nitrogens with two attached hydrogens (primary N) is 2. The van der Waals surface area contributed by atoms with Crippen LogP contribution < -0.4 is 22.1 Å². The average molecular weight is 397 g/mol. The van der Waals surface area contributed by atoms with E-state index in [9.17, 15) is 4.79 Å². The summed E-state index contributed by atoms with van der Waals surface area (Å²) in [7, 11) is 0. The van der Waals surface area contributed by atoms with Gasteiger partial charge >= 0.3 is 0 Å². The maximum Gasteiger partial charge on any atom is 0.251 e. The summed E-state index contributed by atoms with van der Waals surface area (Å²) < 4.78 is 0.766. The highest BCUT2D eigenvalue weighted by Gasteiger charge is 2.22. The maximum atomic E-state index is 12.3. The number of amides is 1. The zero-order chi connectivity index (χ0) is 17.5. The summed E-state index contributed by atoms with van der Waals surface area (Å²) in [5, 5.41) is 6.56. The molecule has 134 valence electrons. The van der Waals surface area contributed by atoms with Crippen LogP contribution in [0.5, 0.6) is 0 Å². The van der Waals surface area contributed by atoms with Crippen LogP contribution in [-0.2, 0) is 0 Å². The van der Waals surface area contributed by atoms with Crippen LogP contribution in [0.3, 0.4) is 0 Å². The van der Waals surface area contributed by atoms with Crippen molar-refractivity contribution in [3.05, 3.63) is 27.7 Å². The minimum atomic E-state index is -0.116. The van der Waals surface area contributed by atoms with Crippen LogP contribution in [0.15, 0.2) is 16.6 Å². The molecule has 1 saturated carbocycles. The van der Waals surface area contributed by atoms with Gasteiger partial charge in [0.15, 0.2) is 0 Å². The number of hydrogen-bond donors (Lipinski definition) is 4. The highest BCUT2D eigenvalue weighted by molar-refractivity contribution is 9.10. The lowest BCUT2D eigenvalue weighted by Crippen LogP contribution is -2.35. The minimum Gasteiger partial charge on any atom is -0.398 e. The summed E-state index contributed by atoms with van der Waals surface area (Å²) in [6.45, 7) is 3.04. The van der Waals surface area contributed by atoms with Crippen molar-refractivity contribution in [3.8, 4) is 0 Å². The Balaban J connectivity index is 2.21. The van der Waals surface area contributed by atoms with Crippen LogP contribution in [0.2, 0.25) is 0 Å². The highest BCUT2D eigenvalue weighted by Crippen LogP contribution is 2.32. The zero-order valence-electron chi connectivity index (χ0n) is 14.4. The number of benzene rings is 1. The molecule has 6 N–H and O–H groups in total. The molecule has 1 amide bonds. The number of carbonyl (C=O) groups is 1. The van der Waals surface area contributed by atoms with Gasteiger partial charge < -0.3 is 22.1 Å². The molecule has 0 saturated heterocycles. The van der Waals surface area contributed by atoms with E-state index >= 15 is 0 Å². The number of nitrogens with one attached hydrogen (secondary N) is 2. The fourth-order valence-electron chi connectivity index (χ4n) is 3.33. The molecule has 1 fully saturated rings. The van der Waals surface area contributed by atoms with Crippen LogP contribution in [-0.4, -0.2) is 25.0 Å². The van der Waals surface area contributed by atoms with Crippen LogP contribution >= 0.6 is 15.9 Å². The van der Waals surface area contributed by atoms with Crippen LogP contribution in [0, 0.1) is 0 Å². The standard InChI is InChI=1S/C18H29BrN4O/c1-2-16(23-13-6-4-3-5-7-13)14-10-12(11-15(19)17(14)21)18(24)22-9-8-20/h10-11,13,16,23H,2-9,20-21H2,1H3,(H,22,24). The van der Waals surface area contributed by atoms with Gasteiger partial charge in [0.2, 0.25) is 0 Å². The Labute approximate surface area is 153 Å². The van der Waals surface area contributed by atoms with E-state index in [1.165, 1.54) is 32.1 Å². The van der Waals surface area contributed by atoms with Crippen LogP contribution in [0.4, 0.5) is 5.69 Å². The van der Waals surface area contributed by atoms with E-state index in [0.29, 0.717) is 30.4 Å². The average Bonchev–Trinajstić information content (AvgIpc) is 2.60. The number of nitrogen functional groups attached to an aromatic ring is 1. The first-order chi connectivity index (χ1) is 11.6. The summed E-state index contributed by atoms with van der Waals surface area (Å²) >= 11 is 3.50. The second kappa shape index (κ2) is 9.39. The Morgan fingerprint density at radius 2 is 2.04 bits per heavy atom. The number of carbonyl (C=O) groups excluding carboxylic acids is 1. The van der Waals surface area contributed by atoms with E-state index in [4.69, 9.17) is 11.5 Å². The van der Waals surface area contributed by atoms with Gasteiger partial charge in [-0.1, -0.05) is 26.2 Å². The second-order valence-corrected chi connectivity index (χ2v) is 7.32. The molecular weight excluding hydrogens is 368 g/mol. The molecule has 5 nitrogen and oxygen atoms in total. The van der Waals surface area contributed by atoms with Gasteiger partial charge in [0, 0.05) is 35.2 Å². The Hall–Kier alpha value is -1.11. The molecular formula is C18H29BrN4O. The molecule has 1 aromatic carbocycles. The van der Waals surface area contributed by atoms with Crippen molar-refractivity contribution >= 4 is 27.5 Å². The van der Waals surface area contributed by atoms with Crippen molar-refractivity contribution in [2.24, 2.45) is 5.73 Å². The Kier molecular flexibility index (Phi) is 7.52. The molecule has 1 unspecified atom stereocenters. The summed E-state index contributed by atoms with van der Waals surface area (Å²) in [5.74, 6) is -0.116. The van der Waals surface area contributed by atoms with Crippen molar-refractivity contribution in [1.29, 1.82) is 0 Å². The van der Waals surface area contributed by atoms with Gasteiger partial charge in [-0.3, -0.25) is 4.79 Å². The minimum absolute atomic E-state index is 0.116. The molecule has 0 aliphatic heterocycles. The SMILES string of the molecule is CCC(NC1CCCCC1)c1cc(C(=O)NCCN)cc(Br)c1N. The molecule has 0 aromatic heterocycles. The van der Waals surface area contributed by atoms with Gasteiger partial charge in [0.1, 0.15) is 0 Å². The first-order valence-corrected chi connectivity index (χ1v) is 9.69. The summed E-state index contributed by atoms with van der Waals surface area (Å²) in [6.07, 6.45) is 7.27. The van der Waals surface area contributed by atoms with Crippen molar-refractivity contribution in [3.63, 3.8) is 0 Å². The van der Waals surface area contributed by atoms with E-state index in [-0.39, 0.29) is 11.9 Å². The van der Waals surface area contributed by atoms with E-state index < -0.39 is 0 Å². The predicted octanol–water partition coefficient (Wildman–Crippen LogP) is 3.09. The van der Waals surface area contributed by atoms with E-state index in [1.807, 2.05) is 6.07 Å². The summed E-state index contributed by atoms with van der Waals surface area (Å²) in [4.78, 5) is 12.3. The van der Waals surface area contributed by atoms with Crippen molar-refractivity contribution in [1.82, 2.24) is 10.6 Å². The number of rotatable bonds is 7. The third-order valence-electron chi connectivity index (χ3n) is 4.68. The topological polar surface area (TPSA) is 93.2 Å². The quantitative estimate of drug-likeness (QED) is 0.532. The molecule has 6 heteroatoms. The smallest absolute Gasteiger partial charge is 0.251 e. The molecule has 0 radical (unpaired) electrons. The third-order valence-corrected chi connectivity index (χ3v) is 5.34. The molecule has 0 heterocycles. The van der Waals surface area contributed by atoms with Crippen molar-refractivity contribution in [2.75, 3.05) is 18.8 Å². The first-order valence-electron chi connectivity index (χ1n) is 8.90. The molecule has 1 aliphatic rings. The van der Waals surface area contributed by atoms with Gasteiger partial charge in [-0.15, -0.1) is 0 Å². The van der Waals surface area contributed by atoms with E-state index in [0.717, 1.165) is 16.5 Å². The molecule has 0 bridgehead atoms. The number of hydrogen-bond acceptors (Lipinski definition) is 4. The molecule has 1 aliphatic carbocycles. The molecule has 1 aromatic rings. The molecule has 24 heavy (non-hydrogen) atoms. The van der Waals surface area contributed by atoms with E-state index in [2.05, 4.69) is 33.5 Å². The third kappa shape index (κ3) is 4.94. The Bertz CT molecular complexity index is 558. The molecule has 1 atom stereocenters. The van der Waals surface area contributed by atoms with Gasteiger partial charge in [-0.05, 0) is 52.9 Å². The lowest BCUT2D eigenvalue weighted by atomic mass is 9.92. The lowest BCUT2D eigenvalue weighted by Gasteiger charge is -2.29. The molecule has 2 rings (SSSR count). The van der Waals surface area contributed by atoms with E-state index in [1.54, 1.807) is 6.07 Å². The molecule has 0 spiro atoms. The fourth-order valence-corrected chi connectivity index (χ4v) is 3.80. The van der Waals surface area contributed by atoms with Crippen LogP contribution in [0.25, 0.3) is 0 Å². The summed E-state index contributed by atoms with van der Waals surface area (Å²) in [6, 6.07) is 4.39. The highest BCUT2D eigenvalue weighted by atomic mass is 79.9. The zero-order valence-corrected chi connectivity index (χ0v) is 16.0. The normalized spacial score (nSPS) is 16.8. The lowest BCUT2D eigenvalue weighted by molar-refractivity contribution is 0.0954. The number of anilines is 1. The number of halogens is 1. The Morgan fingerprint density at radius 1 is 1.33 bits per heavy atom. The maximum absolute atomic E-state index is 12.3. The first kappa shape index (κ1) is 19.2. The van der Waals surface area contributed by atoms with Gasteiger partial charge in [0.05, 0.1) is 5.69 Å². The predicted molar refractivity (Wildman–Crippen MR) is 103 cm³/mol. The van der Waals surface area contributed by atoms with Crippen molar-refractivity contribution in [2.45, 2.75) is 57.5 Å². The largest absolute Gasteiger partial charge is 0.398 e. The summed E-state index contributed by atoms with van der Waals surface area (Å²) in [5.41, 5.74) is 14.1. The second-order valence-electron chi connectivity index (χ2n) is 6.47. The van der Waals surface area contributed by atoms with Crippen LogP contribution in [0.1, 0.15) is 67.4 Å². The fraction of sp³-hybridized carbons (Fsp3) is 0.611.